The maximum Gasteiger partial charge on any atom is 0.214 e. The van der Waals surface area contributed by atoms with Gasteiger partial charge in [-0.3, -0.25) is 4.99 Å². The molecule has 0 radical (unpaired) electrons. The second-order valence-electron chi connectivity index (χ2n) is 7.09. The average molecular weight is 466 g/mol. The highest BCUT2D eigenvalue weighted by Crippen LogP contribution is 2.35. The third kappa shape index (κ3) is 4.22. The number of hydrogen-bond acceptors (Lipinski definition) is 3. The minimum atomic E-state index is 0. The van der Waals surface area contributed by atoms with Gasteiger partial charge in [0.2, 0.25) is 5.89 Å². The molecule has 1 aliphatic heterocycles. The lowest BCUT2D eigenvalue weighted by molar-refractivity contribution is 0.299. The highest BCUT2D eigenvalue weighted by Gasteiger charge is 2.35. The van der Waals surface area contributed by atoms with Crippen molar-refractivity contribution in [2.75, 3.05) is 20.1 Å². The standard InChI is InChI=1S/C20H26N4O.HI/c1-21-20(24-13-16-9-5-6-10-17(16)14-24)23-12-19-22-11-18(25-19)15-7-3-2-4-8-15;/h2-4,7-8,11,16-17H,5-6,9-10,12-14H2,1H3,(H,21,23);1H. The largest absolute Gasteiger partial charge is 0.439 e. The van der Waals surface area contributed by atoms with Gasteiger partial charge in [-0.1, -0.05) is 43.2 Å². The van der Waals surface area contributed by atoms with Crippen LogP contribution in [0.15, 0.2) is 45.9 Å². The minimum absolute atomic E-state index is 0. The molecule has 0 bridgehead atoms. The summed E-state index contributed by atoms with van der Waals surface area (Å²) in [4.78, 5) is 11.3. The van der Waals surface area contributed by atoms with Crippen LogP contribution >= 0.6 is 24.0 Å². The number of hydrogen-bond donors (Lipinski definition) is 1. The van der Waals surface area contributed by atoms with Gasteiger partial charge >= 0.3 is 0 Å². The van der Waals surface area contributed by atoms with Gasteiger partial charge in [0.15, 0.2) is 11.7 Å². The van der Waals surface area contributed by atoms with Gasteiger partial charge in [-0.25, -0.2) is 4.98 Å². The molecule has 2 aliphatic rings. The highest BCUT2D eigenvalue weighted by molar-refractivity contribution is 14.0. The van der Waals surface area contributed by atoms with Crippen molar-refractivity contribution in [1.29, 1.82) is 0 Å². The molecule has 140 valence electrons. The first-order valence-corrected chi connectivity index (χ1v) is 9.29. The Labute approximate surface area is 172 Å². The minimum Gasteiger partial charge on any atom is -0.439 e. The Morgan fingerprint density at radius 2 is 1.88 bits per heavy atom. The van der Waals surface area contributed by atoms with Crippen LogP contribution in [0, 0.1) is 11.8 Å². The van der Waals surface area contributed by atoms with Crippen molar-refractivity contribution < 1.29 is 4.42 Å². The fourth-order valence-electron chi connectivity index (χ4n) is 4.19. The topological polar surface area (TPSA) is 53.7 Å². The second kappa shape index (κ2) is 8.88. The van der Waals surface area contributed by atoms with Gasteiger partial charge < -0.3 is 14.6 Å². The number of rotatable bonds is 3. The molecule has 26 heavy (non-hydrogen) atoms. The lowest BCUT2D eigenvalue weighted by Crippen LogP contribution is -2.39. The summed E-state index contributed by atoms with van der Waals surface area (Å²) in [6.45, 7) is 2.82. The predicted molar refractivity (Wildman–Crippen MR) is 115 cm³/mol. The number of aromatic nitrogens is 1. The normalized spacial score (nSPS) is 22.7. The van der Waals surface area contributed by atoms with Gasteiger partial charge in [0.25, 0.3) is 0 Å². The Bertz CT molecular complexity index is 716. The lowest BCUT2D eigenvalue weighted by atomic mass is 9.82. The zero-order valence-electron chi connectivity index (χ0n) is 15.2. The molecule has 2 heterocycles. The number of likely N-dealkylation sites (tertiary alicyclic amines) is 1. The first-order chi connectivity index (χ1) is 12.3. The van der Waals surface area contributed by atoms with E-state index in [9.17, 15) is 0 Å². The van der Waals surface area contributed by atoms with E-state index in [1.54, 1.807) is 6.20 Å². The van der Waals surface area contributed by atoms with E-state index in [-0.39, 0.29) is 24.0 Å². The lowest BCUT2D eigenvalue weighted by Gasteiger charge is -2.22. The monoisotopic (exact) mass is 466 g/mol. The van der Waals surface area contributed by atoms with Crippen LogP contribution in [0.1, 0.15) is 31.6 Å². The molecule has 5 nitrogen and oxygen atoms in total. The van der Waals surface area contributed by atoms with E-state index in [2.05, 4.69) is 20.2 Å². The van der Waals surface area contributed by atoms with Crippen LogP contribution in [0.2, 0.25) is 0 Å². The summed E-state index contributed by atoms with van der Waals surface area (Å²) in [7, 11) is 1.86. The number of halogens is 1. The number of nitrogens with one attached hydrogen (secondary N) is 1. The highest BCUT2D eigenvalue weighted by atomic mass is 127. The molecule has 2 unspecified atom stereocenters. The first-order valence-electron chi connectivity index (χ1n) is 9.29. The van der Waals surface area contributed by atoms with Gasteiger partial charge in [-0.05, 0) is 24.7 Å². The van der Waals surface area contributed by atoms with Crippen molar-refractivity contribution in [1.82, 2.24) is 15.2 Å². The number of benzene rings is 1. The van der Waals surface area contributed by atoms with E-state index in [1.807, 2.05) is 37.4 Å². The van der Waals surface area contributed by atoms with E-state index >= 15 is 0 Å². The van der Waals surface area contributed by atoms with Crippen LogP contribution in [0.25, 0.3) is 11.3 Å². The zero-order valence-corrected chi connectivity index (χ0v) is 17.6. The van der Waals surface area contributed by atoms with Crippen LogP contribution in [0.3, 0.4) is 0 Å². The summed E-state index contributed by atoms with van der Waals surface area (Å²) < 4.78 is 5.87. The average Bonchev–Trinajstić information content (AvgIpc) is 3.30. The molecule has 2 atom stereocenters. The third-order valence-electron chi connectivity index (χ3n) is 5.50. The summed E-state index contributed by atoms with van der Waals surface area (Å²) in [5.41, 5.74) is 1.05. The molecule has 1 saturated heterocycles. The van der Waals surface area contributed by atoms with E-state index in [0.717, 1.165) is 42.2 Å². The molecule has 1 N–H and O–H groups in total. The van der Waals surface area contributed by atoms with E-state index < -0.39 is 0 Å². The molecular weight excluding hydrogens is 439 g/mol. The van der Waals surface area contributed by atoms with Crippen molar-refractivity contribution >= 4 is 29.9 Å². The van der Waals surface area contributed by atoms with Crippen LogP contribution in [-0.4, -0.2) is 36.0 Å². The summed E-state index contributed by atoms with van der Waals surface area (Å²) in [6, 6.07) is 10.1. The Balaban J connectivity index is 0.00000196. The Morgan fingerprint density at radius 3 is 2.54 bits per heavy atom. The fraction of sp³-hybridized carbons (Fsp3) is 0.500. The van der Waals surface area contributed by atoms with Crippen molar-refractivity contribution in [2.24, 2.45) is 16.8 Å². The van der Waals surface area contributed by atoms with E-state index in [0.29, 0.717) is 12.4 Å². The molecule has 2 fully saturated rings. The number of guanidine groups is 1. The molecular formula is C20H27IN4O. The van der Waals surface area contributed by atoms with Crippen molar-refractivity contribution in [3.8, 4) is 11.3 Å². The molecule has 0 amide bonds. The fourth-order valence-corrected chi connectivity index (χ4v) is 4.19. The summed E-state index contributed by atoms with van der Waals surface area (Å²) in [5.74, 6) is 4.16. The van der Waals surface area contributed by atoms with E-state index in [1.165, 1.54) is 25.7 Å². The summed E-state index contributed by atoms with van der Waals surface area (Å²) in [6.07, 6.45) is 7.31. The third-order valence-corrected chi connectivity index (χ3v) is 5.50. The van der Waals surface area contributed by atoms with Gasteiger partial charge in [0.05, 0.1) is 12.7 Å². The number of nitrogens with zero attached hydrogens (tertiary/aromatic N) is 3. The molecule has 1 saturated carbocycles. The maximum atomic E-state index is 5.87. The Hall–Kier alpha value is -1.57. The second-order valence-corrected chi connectivity index (χ2v) is 7.09. The van der Waals surface area contributed by atoms with Crippen LogP contribution < -0.4 is 5.32 Å². The predicted octanol–water partition coefficient (Wildman–Crippen LogP) is 4.16. The van der Waals surface area contributed by atoms with Crippen LogP contribution in [0.4, 0.5) is 0 Å². The van der Waals surface area contributed by atoms with Gasteiger partial charge in [0.1, 0.15) is 0 Å². The number of fused-ring (bicyclic) bond motifs is 1. The maximum absolute atomic E-state index is 5.87. The smallest absolute Gasteiger partial charge is 0.214 e. The molecule has 4 rings (SSSR count). The van der Waals surface area contributed by atoms with Crippen molar-refractivity contribution in [2.45, 2.75) is 32.2 Å². The Morgan fingerprint density at radius 1 is 1.19 bits per heavy atom. The molecule has 0 spiro atoms. The molecule has 6 heteroatoms. The van der Waals surface area contributed by atoms with Crippen LogP contribution in [-0.2, 0) is 6.54 Å². The summed E-state index contributed by atoms with van der Waals surface area (Å²) in [5, 5.41) is 3.42. The molecule has 2 aromatic rings. The quantitative estimate of drug-likeness (QED) is 0.420. The van der Waals surface area contributed by atoms with Crippen molar-refractivity contribution in [3.05, 3.63) is 42.4 Å². The SMILES string of the molecule is CN=C(NCc1ncc(-c2ccccc2)o1)N1CC2CCCCC2C1.I. The van der Waals surface area contributed by atoms with Gasteiger partial charge in [-0.2, -0.15) is 0 Å². The molecule has 1 aliphatic carbocycles. The number of aliphatic imine (C=N–C) groups is 1. The van der Waals surface area contributed by atoms with Crippen LogP contribution in [0.5, 0.6) is 0 Å². The van der Waals surface area contributed by atoms with Gasteiger partial charge in [-0.15, -0.1) is 24.0 Å². The molecule has 1 aromatic heterocycles. The first kappa shape index (κ1) is 19.2. The number of oxazole rings is 1. The zero-order chi connectivity index (χ0) is 17.1. The van der Waals surface area contributed by atoms with Gasteiger partial charge in [0, 0.05) is 25.7 Å². The Kier molecular flexibility index (Phi) is 6.56. The van der Waals surface area contributed by atoms with Crippen molar-refractivity contribution in [3.63, 3.8) is 0 Å². The summed E-state index contributed by atoms with van der Waals surface area (Å²) >= 11 is 0. The molecule has 1 aromatic carbocycles. The van der Waals surface area contributed by atoms with E-state index in [4.69, 9.17) is 4.42 Å².